The number of benzene rings is 2. The van der Waals surface area contributed by atoms with E-state index in [4.69, 9.17) is 4.74 Å². The summed E-state index contributed by atoms with van der Waals surface area (Å²) in [6.07, 6.45) is 6.81. The van der Waals surface area contributed by atoms with Gasteiger partial charge in [-0.2, -0.15) is 5.26 Å². The van der Waals surface area contributed by atoms with Crippen LogP contribution in [0.5, 0.6) is 5.75 Å². The highest BCUT2D eigenvalue weighted by Crippen LogP contribution is 2.31. The number of ether oxygens (including phenoxy) is 1. The molecule has 3 nitrogen and oxygen atoms in total. The molecule has 0 saturated heterocycles. The Morgan fingerprint density at radius 1 is 1.16 bits per heavy atom. The highest BCUT2D eigenvalue weighted by atomic mass is 31.0. The molecule has 1 N–H and O–H groups in total. The number of aryl methyl sites for hydroxylation is 1. The van der Waals surface area contributed by atoms with Gasteiger partial charge in [0.15, 0.2) is 5.88 Å². The van der Waals surface area contributed by atoms with Crippen molar-refractivity contribution in [3.8, 4) is 11.8 Å². The van der Waals surface area contributed by atoms with Gasteiger partial charge in [0.05, 0.1) is 5.56 Å². The Labute approximate surface area is 189 Å². The first-order valence-electron chi connectivity index (χ1n) is 10.7. The Hall–Kier alpha value is -2.82. The summed E-state index contributed by atoms with van der Waals surface area (Å²) in [6, 6.07) is 14.8. The maximum atomic E-state index is 9.69. The molecule has 0 spiro atoms. The van der Waals surface area contributed by atoms with Crippen LogP contribution < -0.4 is 10.1 Å². The molecule has 0 heterocycles. The van der Waals surface area contributed by atoms with Crippen LogP contribution in [0.15, 0.2) is 61.5 Å². The highest BCUT2D eigenvalue weighted by Gasteiger charge is 2.13. The molecule has 0 fully saturated rings. The van der Waals surface area contributed by atoms with Crippen molar-refractivity contribution in [2.75, 3.05) is 12.7 Å². The zero-order chi connectivity index (χ0) is 22.8. The van der Waals surface area contributed by atoms with Crippen molar-refractivity contribution in [2.24, 2.45) is 0 Å². The van der Waals surface area contributed by atoms with Gasteiger partial charge >= 0.3 is 0 Å². The van der Waals surface area contributed by atoms with Crippen LogP contribution in [-0.2, 0) is 6.42 Å². The second-order valence-electron chi connectivity index (χ2n) is 7.57. The maximum absolute atomic E-state index is 9.69. The summed E-state index contributed by atoms with van der Waals surface area (Å²) in [5.41, 5.74) is 6.84. The number of hydrogen-bond donors (Lipinski definition) is 1. The second kappa shape index (κ2) is 12.1. The molecule has 0 aliphatic heterocycles. The Morgan fingerprint density at radius 2 is 1.87 bits per heavy atom. The lowest BCUT2D eigenvalue weighted by atomic mass is 9.94. The molecule has 0 amide bonds. The summed E-state index contributed by atoms with van der Waals surface area (Å²) in [7, 11) is 2.79. The Bertz CT molecular complexity index is 997. The summed E-state index contributed by atoms with van der Waals surface area (Å²) in [4.78, 5) is 0. The first-order chi connectivity index (χ1) is 14.9. The molecule has 0 bridgehead atoms. The fourth-order valence-electron chi connectivity index (χ4n) is 3.45. The molecule has 31 heavy (non-hydrogen) atoms. The van der Waals surface area contributed by atoms with Gasteiger partial charge in [0.2, 0.25) is 0 Å². The van der Waals surface area contributed by atoms with Crippen molar-refractivity contribution >= 4 is 20.4 Å². The van der Waals surface area contributed by atoms with E-state index in [1.165, 1.54) is 24.0 Å². The number of nitrogens with one attached hydrogen (secondary N) is 1. The summed E-state index contributed by atoms with van der Waals surface area (Å²) in [5, 5.41) is 12.7. The van der Waals surface area contributed by atoms with Gasteiger partial charge in [0, 0.05) is 6.54 Å². The number of nitrogens with zero attached hydrogens (tertiary/aromatic N) is 1. The van der Waals surface area contributed by atoms with Crippen molar-refractivity contribution in [3.63, 3.8) is 0 Å². The molecule has 2 aromatic rings. The molecule has 162 valence electrons. The summed E-state index contributed by atoms with van der Waals surface area (Å²) in [5.74, 6) is 0.929. The van der Waals surface area contributed by atoms with Crippen molar-refractivity contribution in [2.45, 2.75) is 40.0 Å². The van der Waals surface area contributed by atoms with E-state index in [9.17, 15) is 5.26 Å². The van der Waals surface area contributed by atoms with Crippen molar-refractivity contribution in [1.29, 1.82) is 5.26 Å². The van der Waals surface area contributed by atoms with Gasteiger partial charge in [0.1, 0.15) is 11.8 Å². The van der Waals surface area contributed by atoms with Crippen LogP contribution in [0.1, 0.15) is 54.5 Å². The molecule has 0 aliphatic rings. The van der Waals surface area contributed by atoms with E-state index >= 15 is 0 Å². The molecule has 0 aliphatic carbocycles. The van der Waals surface area contributed by atoms with Gasteiger partial charge in [-0.3, -0.25) is 0 Å². The third kappa shape index (κ3) is 6.84. The zero-order valence-corrected chi connectivity index (χ0v) is 20.1. The molecule has 0 aromatic heterocycles. The smallest absolute Gasteiger partial charge is 0.186 e. The van der Waals surface area contributed by atoms with E-state index in [0.29, 0.717) is 23.7 Å². The lowest BCUT2D eigenvalue weighted by molar-refractivity contribution is 0.385. The normalized spacial score (nSPS) is 11.0. The molecule has 2 rings (SSSR count). The van der Waals surface area contributed by atoms with E-state index in [-0.39, 0.29) is 0 Å². The van der Waals surface area contributed by atoms with Crippen molar-refractivity contribution < 1.29 is 4.74 Å². The minimum absolute atomic E-state index is 0.428. The average Bonchev–Trinajstić information content (AvgIpc) is 2.74. The van der Waals surface area contributed by atoms with Crippen LogP contribution in [0.4, 0.5) is 0 Å². The van der Waals surface area contributed by atoms with E-state index in [2.05, 4.69) is 71.0 Å². The second-order valence-corrected chi connectivity index (χ2v) is 8.15. The number of rotatable bonds is 11. The van der Waals surface area contributed by atoms with E-state index in [0.717, 1.165) is 34.9 Å². The van der Waals surface area contributed by atoms with Gasteiger partial charge in [0.25, 0.3) is 0 Å². The van der Waals surface area contributed by atoms with Gasteiger partial charge < -0.3 is 10.1 Å². The van der Waals surface area contributed by atoms with Crippen LogP contribution >= 0.6 is 9.24 Å². The third-order valence-corrected chi connectivity index (χ3v) is 5.62. The minimum atomic E-state index is 0.428. The maximum Gasteiger partial charge on any atom is 0.186 e. The zero-order valence-electron chi connectivity index (χ0n) is 18.9. The highest BCUT2D eigenvalue weighted by molar-refractivity contribution is 7.16. The van der Waals surface area contributed by atoms with E-state index in [1.807, 2.05) is 19.9 Å². The van der Waals surface area contributed by atoms with Gasteiger partial charge in [-0.05, 0) is 92.2 Å². The first kappa shape index (κ1) is 24.4. The molecule has 1 atom stereocenters. The number of hydrogen-bond acceptors (Lipinski definition) is 3. The molecule has 2 aromatic carbocycles. The van der Waals surface area contributed by atoms with Crippen LogP contribution in [0, 0.1) is 18.3 Å². The molecule has 0 radical (unpaired) electrons. The quantitative estimate of drug-likeness (QED) is 0.187. The Morgan fingerprint density at radius 3 is 2.48 bits per heavy atom. The molecule has 1 unspecified atom stereocenters. The number of allylic oxidation sites excluding steroid dienone is 3. The Kier molecular flexibility index (Phi) is 9.57. The topological polar surface area (TPSA) is 45.0 Å². The molecule has 4 heteroatoms. The van der Waals surface area contributed by atoms with Crippen LogP contribution in [0.3, 0.4) is 0 Å². The molecule has 0 saturated carbocycles. The van der Waals surface area contributed by atoms with Crippen molar-refractivity contribution in [3.05, 3.63) is 89.3 Å². The van der Waals surface area contributed by atoms with Gasteiger partial charge in [-0.25, -0.2) is 0 Å². The average molecular weight is 433 g/mol. The van der Waals surface area contributed by atoms with Crippen LogP contribution in [-0.4, -0.2) is 12.7 Å². The Balaban J connectivity index is 2.21. The van der Waals surface area contributed by atoms with Crippen molar-refractivity contribution in [1.82, 2.24) is 5.32 Å². The third-order valence-electron chi connectivity index (χ3n) is 5.21. The first-order valence-corrected chi connectivity index (χ1v) is 11.5. The lowest BCUT2D eigenvalue weighted by Gasteiger charge is -2.15. The molecular weight excluding hydrogens is 399 g/mol. The van der Waals surface area contributed by atoms with Gasteiger partial charge in [-0.15, -0.1) is 9.24 Å². The standard InChI is InChI=1S/C27H33N2OP/c1-6-29-22(5)30-27-15-14-25(21(4)26(27)18-28)20(3)17-19(2)24-12-10-23(11-13-24)9-7-8-16-31/h10-15,17,29H,3,5-9,16,31H2,1-2,4H3/b19-17+. The van der Waals surface area contributed by atoms with Crippen LogP contribution in [0.25, 0.3) is 11.1 Å². The van der Waals surface area contributed by atoms with Gasteiger partial charge in [-0.1, -0.05) is 43.0 Å². The summed E-state index contributed by atoms with van der Waals surface area (Å²) < 4.78 is 5.71. The van der Waals surface area contributed by atoms with E-state index in [1.54, 1.807) is 6.07 Å². The predicted octanol–water partition coefficient (Wildman–Crippen LogP) is 6.64. The monoisotopic (exact) mass is 432 g/mol. The number of unbranched alkanes of at least 4 members (excludes halogenated alkanes) is 1. The van der Waals surface area contributed by atoms with Crippen LogP contribution in [0.2, 0.25) is 0 Å². The lowest BCUT2D eigenvalue weighted by Crippen LogP contribution is -2.16. The largest absolute Gasteiger partial charge is 0.441 e. The fourth-order valence-corrected chi connectivity index (χ4v) is 3.74. The number of nitriles is 1. The minimum Gasteiger partial charge on any atom is -0.441 e. The summed E-state index contributed by atoms with van der Waals surface area (Å²) in [6.45, 7) is 14.8. The van der Waals surface area contributed by atoms with E-state index < -0.39 is 0 Å². The summed E-state index contributed by atoms with van der Waals surface area (Å²) >= 11 is 0. The SMILES string of the molecule is C=C(NCC)Oc1ccc(C(=C)/C=C(\C)c2ccc(CCCCP)cc2)c(C)c1C#N. The fraction of sp³-hybridized carbons (Fsp3) is 0.296. The predicted molar refractivity (Wildman–Crippen MR) is 136 cm³/mol. The molecular formula is C27H33N2OP.